The smallest absolute Gasteiger partial charge is 0.178 e. The lowest BCUT2D eigenvalue weighted by Gasteiger charge is -2.26. The zero-order chi connectivity index (χ0) is 15.9. The topological polar surface area (TPSA) is 46.2 Å². The first-order valence-electron chi connectivity index (χ1n) is 8.02. The molecule has 1 aromatic carbocycles. The minimum Gasteiger partial charge on any atom is -0.314 e. The molecule has 0 amide bonds. The molecule has 2 atom stereocenters. The molecular formula is C17H29NO2S. The van der Waals surface area contributed by atoms with Gasteiger partial charge in [0.25, 0.3) is 0 Å². The average molecular weight is 311 g/mol. The van der Waals surface area contributed by atoms with Gasteiger partial charge in [-0.05, 0) is 50.3 Å². The van der Waals surface area contributed by atoms with E-state index in [1.807, 2.05) is 25.1 Å². The first-order valence-corrected chi connectivity index (χ1v) is 9.68. The Morgan fingerprint density at radius 3 is 2.33 bits per heavy atom. The van der Waals surface area contributed by atoms with Crippen LogP contribution in [-0.2, 0) is 9.84 Å². The number of sulfone groups is 1. The van der Waals surface area contributed by atoms with Gasteiger partial charge in [-0.15, -0.1) is 0 Å². The van der Waals surface area contributed by atoms with E-state index in [0.29, 0.717) is 11.3 Å². The first-order chi connectivity index (χ1) is 9.97. The van der Waals surface area contributed by atoms with E-state index >= 15 is 0 Å². The van der Waals surface area contributed by atoms with Crippen LogP contribution in [0.2, 0.25) is 0 Å². The van der Waals surface area contributed by atoms with Gasteiger partial charge in [-0.2, -0.15) is 0 Å². The molecule has 0 saturated heterocycles. The Kier molecular flexibility index (Phi) is 7.40. The predicted molar refractivity (Wildman–Crippen MR) is 89.6 cm³/mol. The van der Waals surface area contributed by atoms with Crippen LogP contribution >= 0.6 is 0 Å². The molecule has 1 rings (SSSR count). The molecule has 0 heterocycles. The van der Waals surface area contributed by atoms with Gasteiger partial charge in [-0.3, -0.25) is 0 Å². The third-order valence-corrected chi connectivity index (χ3v) is 5.87. The highest BCUT2D eigenvalue weighted by atomic mass is 32.2. The van der Waals surface area contributed by atoms with E-state index in [9.17, 15) is 8.42 Å². The van der Waals surface area contributed by atoms with Crippen LogP contribution in [0, 0.1) is 0 Å². The molecule has 0 radical (unpaired) electrons. The van der Waals surface area contributed by atoms with Crippen molar-refractivity contribution in [1.82, 2.24) is 5.32 Å². The van der Waals surface area contributed by atoms with Crippen molar-refractivity contribution >= 4 is 9.84 Å². The second-order valence-electron chi connectivity index (χ2n) is 5.61. The van der Waals surface area contributed by atoms with E-state index in [1.165, 1.54) is 0 Å². The van der Waals surface area contributed by atoms with Crippen LogP contribution < -0.4 is 5.32 Å². The van der Waals surface area contributed by atoms with E-state index in [1.54, 1.807) is 6.07 Å². The lowest BCUT2D eigenvalue weighted by atomic mass is 9.90. The predicted octanol–water partition coefficient (Wildman–Crippen LogP) is 3.75. The molecule has 0 spiro atoms. The lowest BCUT2D eigenvalue weighted by Crippen LogP contribution is -2.33. The number of nitrogens with one attached hydrogen (secondary N) is 1. The van der Waals surface area contributed by atoms with Gasteiger partial charge in [0.15, 0.2) is 9.84 Å². The van der Waals surface area contributed by atoms with E-state index in [-0.39, 0.29) is 17.7 Å². The largest absolute Gasteiger partial charge is 0.314 e. The molecule has 0 aliphatic heterocycles. The minimum atomic E-state index is -3.18. The zero-order valence-corrected chi connectivity index (χ0v) is 14.5. The fourth-order valence-corrected chi connectivity index (χ4v) is 4.43. The Morgan fingerprint density at radius 1 is 1.10 bits per heavy atom. The maximum Gasteiger partial charge on any atom is 0.178 e. The van der Waals surface area contributed by atoms with Gasteiger partial charge in [-0.1, -0.05) is 39.0 Å². The van der Waals surface area contributed by atoms with Crippen LogP contribution in [0.25, 0.3) is 0 Å². The molecule has 0 saturated carbocycles. The van der Waals surface area contributed by atoms with Crippen LogP contribution in [0.3, 0.4) is 0 Å². The molecule has 4 heteroatoms. The highest BCUT2D eigenvalue weighted by molar-refractivity contribution is 7.91. The molecule has 0 aliphatic carbocycles. The molecule has 120 valence electrons. The summed E-state index contributed by atoms with van der Waals surface area (Å²) < 4.78 is 25.0. The molecule has 2 unspecified atom stereocenters. The molecule has 0 aromatic heterocycles. The summed E-state index contributed by atoms with van der Waals surface area (Å²) in [4.78, 5) is 0.517. The Labute approximate surface area is 130 Å². The summed E-state index contributed by atoms with van der Waals surface area (Å²) in [6.07, 6.45) is 2.66. The van der Waals surface area contributed by atoms with E-state index in [2.05, 4.69) is 26.1 Å². The quantitative estimate of drug-likeness (QED) is 0.755. The van der Waals surface area contributed by atoms with Crippen LogP contribution in [0.15, 0.2) is 29.2 Å². The molecule has 0 bridgehead atoms. The molecule has 21 heavy (non-hydrogen) atoms. The van der Waals surface area contributed by atoms with E-state index in [4.69, 9.17) is 0 Å². The molecule has 1 N–H and O–H groups in total. The van der Waals surface area contributed by atoms with Gasteiger partial charge < -0.3 is 5.32 Å². The van der Waals surface area contributed by atoms with Crippen molar-refractivity contribution in [2.45, 2.75) is 63.8 Å². The van der Waals surface area contributed by atoms with Crippen LogP contribution in [0.5, 0.6) is 0 Å². The number of benzene rings is 1. The molecule has 1 aromatic rings. The van der Waals surface area contributed by atoms with Crippen LogP contribution in [0.1, 0.15) is 58.4 Å². The van der Waals surface area contributed by atoms with Crippen molar-refractivity contribution in [2.75, 3.05) is 12.3 Å². The Balaban J connectivity index is 3.16. The van der Waals surface area contributed by atoms with Crippen LogP contribution in [-0.4, -0.2) is 26.8 Å². The van der Waals surface area contributed by atoms with Crippen molar-refractivity contribution in [2.24, 2.45) is 0 Å². The fraction of sp³-hybridized carbons (Fsp3) is 0.647. The third kappa shape index (κ3) is 4.82. The zero-order valence-electron chi connectivity index (χ0n) is 13.7. The summed E-state index contributed by atoms with van der Waals surface area (Å²) in [6.45, 7) is 9.27. The SMILES string of the molecule is CCCNC(C)C(CC)c1ccccc1S(=O)(=O)CCC. The normalized spacial score (nSPS) is 14.9. The van der Waals surface area contributed by atoms with Crippen molar-refractivity contribution in [3.8, 4) is 0 Å². The summed E-state index contributed by atoms with van der Waals surface area (Å²) in [5.74, 6) is 0.441. The van der Waals surface area contributed by atoms with E-state index < -0.39 is 9.84 Å². The summed E-state index contributed by atoms with van der Waals surface area (Å²) >= 11 is 0. The molecule has 0 fully saturated rings. The maximum absolute atomic E-state index is 12.5. The first kappa shape index (κ1) is 18.2. The summed E-state index contributed by atoms with van der Waals surface area (Å²) in [7, 11) is -3.18. The van der Waals surface area contributed by atoms with Gasteiger partial charge in [0.05, 0.1) is 10.6 Å². The number of hydrogen-bond donors (Lipinski definition) is 1. The van der Waals surface area contributed by atoms with Gasteiger partial charge in [0.2, 0.25) is 0 Å². The van der Waals surface area contributed by atoms with Gasteiger partial charge in [0, 0.05) is 6.04 Å². The standard InChI is InChI=1S/C17H29NO2S/c1-5-12-18-14(4)15(7-3)16-10-8-9-11-17(16)21(19,20)13-6-2/h8-11,14-15,18H,5-7,12-13H2,1-4H3. The third-order valence-electron chi connectivity index (χ3n) is 3.89. The Morgan fingerprint density at radius 2 is 1.76 bits per heavy atom. The molecular weight excluding hydrogens is 282 g/mol. The van der Waals surface area contributed by atoms with Crippen LogP contribution in [0.4, 0.5) is 0 Å². The van der Waals surface area contributed by atoms with Crippen molar-refractivity contribution < 1.29 is 8.42 Å². The minimum absolute atomic E-state index is 0.219. The molecule has 3 nitrogen and oxygen atoms in total. The second kappa shape index (κ2) is 8.54. The van der Waals surface area contributed by atoms with Gasteiger partial charge in [0.1, 0.15) is 0 Å². The summed E-state index contributed by atoms with van der Waals surface area (Å²) in [6, 6.07) is 7.77. The average Bonchev–Trinajstić information content (AvgIpc) is 2.46. The lowest BCUT2D eigenvalue weighted by molar-refractivity contribution is 0.445. The highest BCUT2D eigenvalue weighted by Gasteiger charge is 2.25. The van der Waals surface area contributed by atoms with Crippen molar-refractivity contribution in [3.63, 3.8) is 0 Å². The monoisotopic (exact) mass is 311 g/mol. The summed E-state index contributed by atoms with van der Waals surface area (Å²) in [5, 5.41) is 3.50. The fourth-order valence-electron chi connectivity index (χ4n) is 2.81. The van der Waals surface area contributed by atoms with E-state index in [0.717, 1.165) is 24.9 Å². The number of hydrogen-bond acceptors (Lipinski definition) is 3. The Hall–Kier alpha value is -0.870. The molecule has 0 aliphatic rings. The summed E-state index contributed by atoms with van der Waals surface area (Å²) in [5.41, 5.74) is 0.963. The highest BCUT2D eigenvalue weighted by Crippen LogP contribution is 2.30. The van der Waals surface area contributed by atoms with Crippen molar-refractivity contribution in [3.05, 3.63) is 29.8 Å². The number of rotatable bonds is 9. The maximum atomic E-state index is 12.5. The Bertz CT molecular complexity index is 525. The second-order valence-corrected chi connectivity index (χ2v) is 7.69. The van der Waals surface area contributed by atoms with Gasteiger partial charge in [-0.25, -0.2) is 8.42 Å². The van der Waals surface area contributed by atoms with Crippen molar-refractivity contribution in [1.29, 1.82) is 0 Å². The van der Waals surface area contributed by atoms with Gasteiger partial charge >= 0.3 is 0 Å².